The Kier molecular flexibility index (Phi) is 28.5. The highest BCUT2D eigenvalue weighted by molar-refractivity contribution is 6.33. The second kappa shape index (κ2) is 42.2. The monoisotopic (exact) mass is 1990 g/mol. The first kappa shape index (κ1) is 94.5. The first-order chi connectivity index (χ1) is 68.4. The van der Waals surface area contributed by atoms with Crippen molar-refractivity contribution in [1.29, 1.82) is 0 Å². The molecule has 5 fully saturated rings. The Hall–Kier alpha value is -11.8. The zero-order valence-electron chi connectivity index (χ0n) is 78.0. The number of carbonyl (C=O) groups is 5. The van der Waals surface area contributed by atoms with Crippen molar-refractivity contribution >= 4 is 132 Å². The zero-order valence-corrected chi connectivity index (χ0v) is 82.5. The molecule has 5 amide bonds. The van der Waals surface area contributed by atoms with Gasteiger partial charge < -0.3 is 48.2 Å². The van der Waals surface area contributed by atoms with E-state index in [0.717, 1.165) is 307 Å². The molecule has 0 spiro atoms. The van der Waals surface area contributed by atoms with Gasteiger partial charge in [-0.3, -0.25) is 58.9 Å². The summed E-state index contributed by atoms with van der Waals surface area (Å²) in [6.07, 6.45) is 39.3. The second-order valence-electron chi connectivity index (χ2n) is 38.3. The summed E-state index contributed by atoms with van der Waals surface area (Å²) in [5.74, 6) is 4.35. The van der Waals surface area contributed by atoms with E-state index >= 15 is 0 Å². The van der Waals surface area contributed by atoms with Crippen LogP contribution < -0.4 is 23.7 Å². The molecule has 718 valence electrons. The fourth-order valence-electron chi connectivity index (χ4n) is 22.3. The van der Waals surface area contributed by atoms with E-state index in [-0.39, 0.29) is 29.5 Å². The molecule has 13 aromatic rings. The van der Waals surface area contributed by atoms with Crippen LogP contribution in [0.15, 0.2) is 177 Å². The lowest BCUT2D eigenvalue weighted by Crippen LogP contribution is -2.43. The number of aryl methyl sites for hydroxylation is 2. The molecule has 0 N–H and O–H groups in total. The number of rotatable bonds is 10. The minimum atomic E-state index is -0.489. The molecule has 12 aliphatic rings. The standard InChI is InChI=1S/C23H20Cl2N2O2.C23H25ClN2O2.2C22H20ClN3O2.C22H23ClN2O2/c24-15-4-5-20-18(12-15)17(6-7-26-20)19-13-16(25)10-14-11-21(29-22(14)19)23(28)27-8-2-1-3-9-27;24-16-12-15-13-21(23(27)26-10-4-1-5-11-26)28-22(15)19(14-16)17-8-9-25-20-7-3-2-6-18(17)20;23-15-10-14-11-20(22(27)26-8-2-1-3-9-26)28-21(14)17(12-15)16-4-7-25-19-5-6-24-13-18(16)19;23-15-11-14-12-19(22(27)26-9-2-1-3-10-26)28-21(14)17(13-15)16-6-8-24-18-5-4-7-25-20(16)18;23-15-11-14-12-20(22(26)25-9-2-1-3-10-25)27-21(14)18(13-15)16-7-8-24-19-6-4-5-17(16)19/h4-7,10,12-13,21H,1-3,8-9,11H2;8-9,12,14,21H,1-7,10-11,13H2;4-7,10,12-13,20H,1-3,8-9,11H2;4-8,11,13,19H,1-3,9-10,12H2;7-8,11,13,20H,1-6,9-10,12H2. The summed E-state index contributed by atoms with van der Waals surface area (Å²) in [6, 6.07) is 40.5. The van der Waals surface area contributed by atoms with Crippen molar-refractivity contribution in [2.24, 2.45) is 0 Å². The minimum absolute atomic E-state index is 0.0746. The van der Waals surface area contributed by atoms with Crippen molar-refractivity contribution < 1.29 is 47.7 Å². The largest absolute Gasteiger partial charge is 0.479 e. The molecule has 10 aliphatic heterocycles. The van der Waals surface area contributed by atoms with Gasteiger partial charge in [0.15, 0.2) is 30.5 Å². The average molecular weight is 1990 g/mol. The topological polar surface area (TPSA) is 238 Å². The van der Waals surface area contributed by atoms with E-state index in [1.165, 1.54) is 67.5 Å². The van der Waals surface area contributed by atoms with Gasteiger partial charge in [-0.05, 0) is 302 Å². The smallest absolute Gasteiger partial charge is 0.263 e. The van der Waals surface area contributed by atoms with Gasteiger partial charge in [0.2, 0.25) is 0 Å². The molecule has 0 bridgehead atoms. The number of aromatic nitrogens is 7. The summed E-state index contributed by atoms with van der Waals surface area (Å²) in [6.45, 7) is 8.31. The molecular formula is C112H108Cl6N12O10. The quantitative estimate of drug-likeness (QED) is 0.124. The molecule has 6 aromatic carbocycles. The van der Waals surface area contributed by atoms with Crippen LogP contribution in [0.25, 0.3) is 88.5 Å². The molecule has 0 radical (unpaired) electrons. The maximum Gasteiger partial charge on any atom is 0.263 e. The van der Waals surface area contributed by atoms with Gasteiger partial charge >= 0.3 is 0 Å². The van der Waals surface area contributed by atoms with Gasteiger partial charge in [-0.15, -0.1) is 0 Å². The van der Waals surface area contributed by atoms with E-state index < -0.39 is 30.5 Å². The SMILES string of the molecule is O=C(C1Cc2cc(Cl)cc(-c3ccnc4c3CCC4)c2O1)N1CCCCC1.O=C(C1Cc2cc(Cl)cc(-c3ccnc4c3CCCC4)c2O1)N1CCCCC1.O=C(C1Cc2cc(Cl)cc(-c3ccnc4ccc(Cl)cc34)c2O1)N1CCCCC1.O=C(C1Cc2cc(Cl)cc(-c3ccnc4cccnc34)c2O1)N1CCCCC1.O=C(C1Cc2cc(Cl)cc(-c3ccnc4ccncc34)c2O1)N1CCCCC1. The summed E-state index contributed by atoms with van der Waals surface area (Å²) < 4.78 is 31.2. The van der Waals surface area contributed by atoms with Crippen molar-refractivity contribution in [3.05, 3.63) is 257 Å². The zero-order chi connectivity index (χ0) is 95.6. The average Bonchev–Trinajstić information content (AvgIpc) is 1.62. The highest BCUT2D eigenvalue weighted by Gasteiger charge is 2.42. The van der Waals surface area contributed by atoms with E-state index in [2.05, 4.69) is 47.0 Å². The van der Waals surface area contributed by atoms with Crippen molar-refractivity contribution in [3.63, 3.8) is 0 Å². The fraction of sp³-hybridized carbons (Fsp3) is 0.375. The van der Waals surface area contributed by atoms with Crippen LogP contribution in [0.3, 0.4) is 0 Å². The predicted molar refractivity (Wildman–Crippen MR) is 548 cm³/mol. The van der Waals surface area contributed by atoms with Crippen LogP contribution >= 0.6 is 69.6 Å². The fourth-order valence-corrected chi connectivity index (χ4v) is 23.6. The molecule has 17 heterocycles. The van der Waals surface area contributed by atoms with Crippen LogP contribution in [-0.4, -0.2) is 185 Å². The number of ether oxygens (including phenoxy) is 5. The van der Waals surface area contributed by atoms with E-state index in [1.807, 2.05) is 152 Å². The first-order valence-electron chi connectivity index (χ1n) is 49.7. The molecule has 7 aromatic heterocycles. The Morgan fingerprint density at radius 1 is 0.257 bits per heavy atom. The molecule has 140 heavy (non-hydrogen) atoms. The Labute approximate surface area is 844 Å². The lowest BCUT2D eigenvalue weighted by molar-refractivity contribution is -0.139. The highest BCUT2D eigenvalue weighted by atomic mass is 35.5. The van der Waals surface area contributed by atoms with Crippen LogP contribution in [0.4, 0.5) is 0 Å². The van der Waals surface area contributed by atoms with Gasteiger partial charge in [0, 0.05) is 261 Å². The number of piperidine rings is 5. The lowest BCUT2D eigenvalue weighted by atomic mass is 9.88. The van der Waals surface area contributed by atoms with Crippen molar-refractivity contribution in [3.8, 4) is 84.4 Å². The number of likely N-dealkylation sites (tertiary alicyclic amines) is 5. The van der Waals surface area contributed by atoms with Gasteiger partial charge in [0.05, 0.1) is 22.1 Å². The number of halogens is 6. The van der Waals surface area contributed by atoms with Crippen molar-refractivity contribution in [2.45, 2.75) is 204 Å². The molecule has 0 saturated carbocycles. The number of carbonyl (C=O) groups excluding carboxylic acids is 5. The van der Waals surface area contributed by atoms with E-state index in [4.69, 9.17) is 93.3 Å². The third-order valence-electron chi connectivity index (χ3n) is 29.1. The minimum Gasteiger partial charge on any atom is -0.479 e. The van der Waals surface area contributed by atoms with Gasteiger partial charge in [0.1, 0.15) is 28.7 Å². The Balaban J connectivity index is 0.000000104. The van der Waals surface area contributed by atoms with Gasteiger partial charge in [-0.2, -0.15) is 0 Å². The van der Waals surface area contributed by atoms with Crippen LogP contribution in [0.2, 0.25) is 30.1 Å². The first-order valence-corrected chi connectivity index (χ1v) is 52.0. The number of fused-ring (bicyclic) bond motifs is 10. The molecule has 5 atom stereocenters. The van der Waals surface area contributed by atoms with Crippen LogP contribution in [0, 0.1) is 0 Å². The van der Waals surface area contributed by atoms with Gasteiger partial charge in [-0.25, -0.2) is 0 Å². The maximum atomic E-state index is 13.0. The van der Waals surface area contributed by atoms with E-state index in [1.54, 1.807) is 37.2 Å². The summed E-state index contributed by atoms with van der Waals surface area (Å²) in [7, 11) is 0. The summed E-state index contributed by atoms with van der Waals surface area (Å²) >= 11 is 38.4. The van der Waals surface area contributed by atoms with Crippen molar-refractivity contribution in [2.75, 3.05) is 65.4 Å². The number of hydrogen-bond acceptors (Lipinski definition) is 17. The van der Waals surface area contributed by atoms with Crippen LogP contribution in [-0.2, 0) is 81.8 Å². The number of pyridine rings is 7. The Bertz CT molecular complexity index is 6780. The number of amides is 5. The summed E-state index contributed by atoms with van der Waals surface area (Å²) in [4.78, 5) is 106. The highest BCUT2D eigenvalue weighted by Crippen LogP contribution is 2.51. The van der Waals surface area contributed by atoms with E-state index in [0.29, 0.717) is 62.2 Å². The molecular weight excluding hydrogens is 1890 g/mol. The van der Waals surface area contributed by atoms with Gasteiger partial charge in [-0.1, -0.05) is 69.6 Å². The summed E-state index contributed by atoms with van der Waals surface area (Å²) in [5.41, 5.74) is 23.1. The predicted octanol–water partition coefficient (Wildman–Crippen LogP) is 22.9. The number of nitrogens with zero attached hydrogens (tertiary/aromatic N) is 12. The number of benzene rings is 6. The van der Waals surface area contributed by atoms with Crippen molar-refractivity contribution in [1.82, 2.24) is 59.4 Å². The molecule has 2 aliphatic carbocycles. The number of hydrogen-bond donors (Lipinski definition) is 0. The summed E-state index contributed by atoms with van der Waals surface area (Å²) in [5, 5.41) is 5.79. The third kappa shape index (κ3) is 20.1. The Morgan fingerprint density at radius 3 is 0.964 bits per heavy atom. The third-order valence-corrected chi connectivity index (χ3v) is 30.4. The maximum absolute atomic E-state index is 13.0. The molecule has 22 nitrogen and oxygen atoms in total. The molecule has 25 rings (SSSR count). The molecule has 5 saturated heterocycles. The van der Waals surface area contributed by atoms with Crippen LogP contribution in [0.1, 0.15) is 166 Å². The molecule has 5 unspecified atom stereocenters. The van der Waals surface area contributed by atoms with Crippen LogP contribution in [0.5, 0.6) is 28.7 Å². The molecule has 28 heteroatoms. The lowest BCUT2D eigenvalue weighted by Gasteiger charge is -2.28. The van der Waals surface area contributed by atoms with E-state index in [9.17, 15) is 24.0 Å². The second-order valence-corrected chi connectivity index (χ2v) is 40.9. The normalized spacial score (nSPS) is 19.6. The Morgan fingerprint density at radius 2 is 0.571 bits per heavy atom. The van der Waals surface area contributed by atoms with Gasteiger partial charge in [0.25, 0.3) is 29.5 Å².